The van der Waals surface area contributed by atoms with Gasteiger partial charge in [0.2, 0.25) is 5.76 Å². The molecule has 0 spiro atoms. The van der Waals surface area contributed by atoms with Gasteiger partial charge in [-0.25, -0.2) is 4.79 Å². The highest BCUT2D eigenvalue weighted by molar-refractivity contribution is 5.99. The van der Waals surface area contributed by atoms with E-state index in [2.05, 4.69) is 5.32 Å². The summed E-state index contributed by atoms with van der Waals surface area (Å²) in [5.41, 5.74) is 1.67. The van der Waals surface area contributed by atoms with E-state index in [9.17, 15) is 9.59 Å². The van der Waals surface area contributed by atoms with Gasteiger partial charge in [-0.2, -0.15) is 0 Å². The van der Waals surface area contributed by atoms with Crippen LogP contribution in [0.1, 0.15) is 23.0 Å². The van der Waals surface area contributed by atoms with Gasteiger partial charge in [0.25, 0.3) is 5.91 Å². The van der Waals surface area contributed by atoms with Crippen molar-refractivity contribution in [3.05, 3.63) is 47.7 Å². The van der Waals surface area contributed by atoms with Gasteiger partial charge in [0, 0.05) is 22.7 Å². The number of hydrogen-bond acceptors (Lipinski definition) is 7. The van der Waals surface area contributed by atoms with E-state index in [1.807, 2.05) is 0 Å². The second-order valence-electron chi connectivity index (χ2n) is 6.81. The number of aryl methyl sites for hydroxylation is 1. The van der Waals surface area contributed by atoms with Gasteiger partial charge in [-0.15, -0.1) is 0 Å². The second-order valence-corrected chi connectivity index (χ2v) is 6.81. The lowest BCUT2D eigenvalue weighted by atomic mass is 10.1. The number of carbonyl (C=O) groups excluding carboxylic acids is 2. The van der Waals surface area contributed by atoms with Gasteiger partial charge in [0.05, 0.1) is 7.11 Å². The van der Waals surface area contributed by atoms with Gasteiger partial charge in [0.15, 0.2) is 17.6 Å². The Morgan fingerprint density at radius 3 is 2.60 bits per heavy atom. The van der Waals surface area contributed by atoms with Crippen LogP contribution in [0.3, 0.4) is 0 Å². The molecule has 3 aromatic rings. The van der Waals surface area contributed by atoms with E-state index >= 15 is 0 Å². The van der Waals surface area contributed by atoms with Crippen molar-refractivity contribution in [1.29, 1.82) is 0 Å². The molecule has 0 bridgehead atoms. The van der Waals surface area contributed by atoms with Gasteiger partial charge in [-0.1, -0.05) is 0 Å². The zero-order valence-electron chi connectivity index (χ0n) is 16.8. The van der Waals surface area contributed by atoms with E-state index in [-0.39, 0.29) is 5.76 Å². The van der Waals surface area contributed by atoms with Crippen molar-refractivity contribution in [2.75, 3.05) is 25.6 Å². The molecule has 4 rings (SSSR count). The van der Waals surface area contributed by atoms with Crippen LogP contribution in [0.15, 0.2) is 40.8 Å². The standard InChI is InChI=1S/C22H21NO7/c1-12-16-11-15(26-3)5-7-17(16)30-20(12)22(25)29-13(2)21(24)23-14-4-6-18-19(10-14)28-9-8-27-18/h4-7,10-11,13H,8-9H2,1-3H3,(H,23,24)/t13-/m0/s1. The summed E-state index contributed by atoms with van der Waals surface area (Å²) in [5, 5.41) is 3.45. The molecule has 1 aromatic heterocycles. The molecular weight excluding hydrogens is 390 g/mol. The van der Waals surface area contributed by atoms with Crippen LogP contribution in [-0.2, 0) is 9.53 Å². The second kappa shape index (κ2) is 7.98. The number of methoxy groups -OCH3 is 1. The number of esters is 1. The van der Waals surface area contributed by atoms with Crippen LogP contribution < -0.4 is 19.5 Å². The number of benzene rings is 2. The fraction of sp³-hybridized carbons (Fsp3) is 0.273. The number of furan rings is 1. The number of fused-ring (bicyclic) bond motifs is 2. The number of anilines is 1. The van der Waals surface area contributed by atoms with E-state index in [0.29, 0.717) is 47.3 Å². The fourth-order valence-electron chi connectivity index (χ4n) is 3.15. The molecule has 1 aliphatic rings. The molecule has 156 valence electrons. The average molecular weight is 411 g/mol. The third-order valence-corrected chi connectivity index (χ3v) is 4.79. The highest BCUT2D eigenvalue weighted by Gasteiger charge is 2.25. The van der Waals surface area contributed by atoms with Gasteiger partial charge < -0.3 is 28.7 Å². The topological polar surface area (TPSA) is 96.2 Å². The first-order valence-electron chi connectivity index (χ1n) is 9.45. The number of nitrogens with one attached hydrogen (secondary N) is 1. The van der Waals surface area contributed by atoms with E-state index in [0.717, 1.165) is 5.39 Å². The predicted molar refractivity (Wildman–Crippen MR) is 108 cm³/mol. The lowest BCUT2D eigenvalue weighted by Crippen LogP contribution is -2.30. The summed E-state index contributed by atoms with van der Waals surface area (Å²) in [4.78, 5) is 25.1. The molecule has 0 aliphatic carbocycles. The molecule has 0 radical (unpaired) electrons. The van der Waals surface area contributed by atoms with Crippen molar-refractivity contribution in [3.8, 4) is 17.2 Å². The molecule has 0 saturated heterocycles. The molecule has 2 heterocycles. The Bertz CT molecular complexity index is 1120. The summed E-state index contributed by atoms with van der Waals surface area (Å²) in [5.74, 6) is 0.687. The fourth-order valence-corrected chi connectivity index (χ4v) is 3.15. The Kier molecular flexibility index (Phi) is 5.22. The maximum absolute atomic E-state index is 12.6. The SMILES string of the molecule is COc1ccc2oc(C(=O)O[C@@H](C)C(=O)Nc3ccc4c(c3)OCCO4)c(C)c2c1. The molecule has 0 saturated carbocycles. The number of hydrogen-bond donors (Lipinski definition) is 1. The molecule has 2 aromatic carbocycles. The predicted octanol–water partition coefficient (Wildman–Crippen LogP) is 3.71. The van der Waals surface area contributed by atoms with Crippen LogP contribution in [0.5, 0.6) is 17.2 Å². The highest BCUT2D eigenvalue weighted by Crippen LogP contribution is 2.33. The molecular formula is C22H21NO7. The van der Waals surface area contributed by atoms with Crippen molar-refractivity contribution in [1.82, 2.24) is 0 Å². The lowest BCUT2D eigenvalue weighted by Gasteiger charge is -2.19. The van der Waals surface area contributed by atoms with Crippen LogP contribution in [0.2, 0.25) is 0 Å². The van der Waals surface area contributed by atoms with Crippen molar-refractivity contribution >= 4 is 28.5 Å². The van der Waals surface area contributed by atoms with Gasteiger partial charge in [-0.3, -0.25) is 4.79 Å². The first-order chi connectivity index (χ1) is 14.5. The molecule has 1 aliphatic heterocycles. The molecule has 1 N–H and O–H groups in total. The highest BCUT2D eigenvalue weighted by atomic mass is 16.6. The Balaban J connectivity index is 1.45. The monoisotopic (exact) mass is 411 g/mol. The van der Waals surface area contributed by atoms with Gasteiger partial charge >= 0.3 is 5.97 Å². The summed E-state index contributed by atoms with van der Waals surface area (Å²) in [6.45, 7) is 4.18. The Labute approximate surface area is 172 Å². The van der Waals surface area contributed by atoms with Crippen molar-refractivity contribution in [2.45, 2.75) is 20.0 Å². The van der Waals surface area contributed by atoms with Crippen LogP contribution in [0.25, 0.3) is 11.0 Å². The van der Waals surface area contributed by atoms with E-state index in [1.54, 1.807) is 50.4 Å². The summed E-state index contributed by atoms with van der Waals surface area (Å²) in [6, 6.07) is 10.3. The molecule has 0 unspecified atom stereocenters. The minimum atomic E-state index is -1.03. The molecule has 0 fully saturated rings. The van der Waals surface area contributed by atoms with Gasteiger partial charge in [0.1, 0.15) is 24.5 Å². The van der Waals surface area contributed by atoms with E-state index in [1.165, 1.54) is 6.92 Å². The van der Waals surface area contributed by atoms with Gasteiger partial charge in [-0.05, 0) is 44.2 Å². The van der Waals surface area contributed by atoms with Crippen molar-refractivity contribution < 1.29 is 33.0 Å². The molecule has 1 atom stereocenters. The normalized spacial score (nSPS) is 13.6. The minimum Gasteiger partial charge on any atom is -0.497 e. The number of carbonyl (C=O) groups is 2. The largest absolute Gasteiger partial charge is 0.497 e. The van der Waals surface area contributed by atoms with Crippen LogP contribution in [0.4, 0.5) is 5.69 Å². The quantitative estimate of drug-likeness (QED) is 0.640. The maximum atomic E-state index is 12.6. The molecule has 30 heavy (non-hydrogen) atoms. The third-order valence-electron chi connectivity index (χ3n) is 4.79. The third kappa shape index (κ3) is 3.76. The summed E-state index contributed by atoms with van der Waals surface area (Å²) < 4.78 is 27.1. The zero-order valence-corrected chi connectivity index (χ0v) is 16.8. The van der Waals surface area contributed by atoms with Crippen molar-refractivity contribution in [2.24, 2.45) is 0 Å². The zero-order chi connectivity index (χ0) is 21.3. The lowest BCUT2D eigenvalue weighted by molar-refractivity contribution is -0.123. The summed E-state index contributed by atoms with van der Waals surface area (Å²) >= 11 is 0. The Hall–Kier alpha value is -3.68. The number of ether oxygens (including phenoxy) is 4. The smallest absolute Gasteiger partial charge is 0.375 e. The van der Waals surface area contributed by atoms with Crippen LogP contribution >= 0.6 is 0 Å². The molecule has 1 amide bonds. The van der Waals surface area contributed by atoms with Crippen LogP contribution in [-0.4, -0.2) is 38.3 Å². The Morgan fingerprint density at radius 2 is 1.83 bits per heavy atom. The first-order valence-corrected chi connectivity index (χ1v) is 9.45. The number of rotatable bonds is 5. The van der Waals surface area contributed by atoms with Crippen molar-refractivity contribution in [3.63, 3.8) is 0 Å². The van der Waals surface area contributed by atoms with E-state index in [4.69, 9.17) is 23.4 Å². The molecule has 8 nitrogen and oxygen atoms in total. The first kappa shape index (κ1) is 19.6. The summed E-state index contributed by atoms with van der Waals surface area (Å²) in [7, 11) is 1.56. The van der Waals surface area contributed by atoms with E-state index < -0.39 is 18.0 Å². The van der Waals surface area contributed by atoms with Crippen LogP contribution in [0, 0.1) is 6.92 Å². The maximum Gasteiger partial charge on any atom is 0.375 e. The average Bonchev–Trinajstić information content (AvgIpc) is 3.09. The summed E-state index contributed by atoms with van der Waals surface area (Å²) in [6.07, 6.45) is -1.03. The minimum absolute atomic E-state index is 0.0530. The molecule has 8 heteroatoms. The Morgan fingerprint density at radius 1 is 1.07 bits per heavy atom. The number of amides is 1.